The Balaban J connectivity index is 1.89. The van der Waals surface area contributed by atoms with Crippen LogP contribution in [0.3, 0.4) is 0 Å². The van der Waals surface area contributed by atoms with Crippen LogP contribution in [0.25, 0.3) is 0 Å². The molecule has 1 aliphatic rings. The molecule has 2 rings (SSSR count). The van der Waals surface area contributed by atoms with Gasteiger partial charge in [-0.25, -0.2) is 4.98 Å². The number of nitriles is 1. The van der Waals surface area contributed by atoms with Crippen molar-refractivity contribution in [3.05, 3.63) is 36.0 Å². The van der Waals surface area contributed by atoms with E-state index < -0.39 is 0 Å². The summed E-state index contributed by atoms with van der Waals surface area (Å²) in [4.78, 5) is 4.10. The van der Waals surface area contributed by atoms with Crippen molar-refractivity contribution >= 4 is 0 Å². The maximum atomic E-state index is 8.66. The fraction of sp³-hybridized carbons (Fsp3) is 0.429. The SMILES string of the molecule is CC1CC=CCC1COc1ccc(C#N)cn1. The first-order valence-corrected chi connectivity index (χ1v) is 5.93. The topological polar surface area (TPSA) is 45.9 Å². The van der Waals surface area contributed by atoms with E-state index in [4.69, 9.17) is 10.00 Å². The van der Waals surface area contributed by atoms with E-state index in [1.807, 2.05) is 6.07 Å². The number of pyridine rings is 1. The van der Waals surface area contributed by atoms with E-state index in [-0.39, 0.29) is 0 Å². The number of hydrogen-bond donors (Lipinski definition) is 0. The van der Waals surface area contributed by atoms with Gasteiger partial charge in [-0.3, -0.25) is 0 Å². The van der Waals surface area contributed by atoms with E-state index >= 15 is 0 Å². The van der Waals surface area contributed by atoms with Crippen molar-refractivity contribution in [1.29, 1.82) is 5.26 Å². The van der Waals surface area contributed by atoms with Crippen molar-refractivity contribution in [3.8, 4) is 11.9 Å². The molecule has 0 aliphatic heterocycles. The molecule has 1 aliphatic carbocycles. The minimum absolute atomic E-state index is 0.561. The molecule has 3 nitrogen and oxygen atoms in total. The van der Waals surface area contributed by atoms with Crippen molar-refractivity contribution in [2.45, 2.75) is 19.8 Å². The lowest BCUT2D eigenvalue weighted by Gasteiger charge is -2.24. The third-order valence-corrected chi connectivity index (χ3v) is 3.23. The number of hydrogen-bond acceptors (Lipinski definition) is 3. The number of ether oxygens (including phenoxy) is 1. The van der Waals surface area contributed by atoms with E-state index in [0.717, 1.165) is 12.8 Å². The molecule has 0 aromatic carbocycles. The molecule has 0 fully saturated rings. The fourth-order valence-electron chi connectivity index (χ4n) is 1.96. The first-order valence-electron chi connectivity index (χ1n) is 5.93. The Labute approximate surface area is 102 Å². The third kappa shape index (κ3) is 3.07. The highest BCUT2D eigenvalue weighted by atomic mass is 16.5. The highest BCUT2D eigenvalue weighted by Gasteiger charge is 2.18. The van der Waals surface area contributed by atoms with Gasteiger partial charge in [0.1, 0.15) is 6.07 Å². The summed E-state index contributed by atoms with van der Waals surface area (Å²) in [5, 5.41) is 8.66. The first kappa shape index (κ1) is 11.7. The molecule has 0 N–H and O–H groups in total. The van der Waals surface area contributed by atoms with Gasteiger partial charge in [-0.1, -0.05) is 19.1 Å². The maximum absolute atomic E-state index is 8.66. The number of rotatable bonds is 3. The van der Waals surface area contributed by atoms with Crippen LogP contribution in [0, 0.1) is 23.2 Å². The molecule has 0 saturated heterocycles. The molecule has 3 heteroatoms. The highest BCUT2D eigenvalue weighted by molar-refractivity contribution is 5.28. The van der Waals surface area contributed by atoms with Crippen LogP contribution in [0.4, 0.5) is 0 Å². The van der Waals surface area contributed by atoms with Crippen LogP contribution in [-0.4, -0.2) is 11.6 Å². The van der Waals surface area contributed by atoms with Gasteiger partial charge in [0.2, 0.25) is 5.88 Å². The van der Waals surface area contributed by atoms with Crippen molar-refractivity contribution in [2.75, 3.05) is 6.61 Å². The van der Waals surface area contributed by atoms with Crippen molar-refractivity contribution < 1.29 is 4.74 Å². The van der Waals surface area contributed by atoms with Crippen LogP contribution in [0.1, 0.15) is 25.3 Å². The van der Waals surface area contributed by atoms with E-state index in [2.05, 4.69) is 24.1 Å². The van der Waals surface area contributed by atoms with Gasteiger partial charge in [0, 0.05) is 12.3 Å². The molecule has 0 bridgehead atoms. The second-order valence-corrected chi connectivity index (χ2v) is 4.49. The van der Waals surface area contributed by atoms with Crippen molar-refractivity contribution in [3.63, 3.8) is 0 Å². The van der Waals surface area contributed by atoms with Gasteiger partial charge in [-0.05, 0) is 30.7 Å². The van der Waals surface area contributed by atoms with Crippen molar-refractivity contribution in [1.82, 2.24) is 4.98 Å². The summed E-state index contributed by atoms with van der Waals surface area (Å²) in [6.07, 6.45) is 8.22. The normalized spacial score (nSPS) is 23.1. The second-order valence-electron chi connectivity index (χ2n) is 4.49. The van der Waals surface area contributed by atoms with Gasteiger partial charge in [0.15, 0.2) is 0 Å². The van der Waals surface area contributed by atoms with Gasteiger partial charge >= 0.3 is 0 Å². The molecule has 0 amide bonds. The molecule has 2 atom stereocenters. The molecule has 2 unspecified atom stereocenters. The highest BCUT2D eigenvalue weighted by Crippen LogP contribution is 2.25. The van der Waals surface area contributed by atoms with Gasteiger partial charge in [0.25, 0.3) is 0 Å². The summed E-state index contributed by atoms with van der Waals surface area (Å²) >= 11 is 0. The van der Waals surface area contributed by atoms with Crippen LogP contribution in [0.2, 0.25) is 0 Å². The zero-order chi connectivity index (χ0) is 12.1. The van der Waals surface area contributed by atoms with Gasteiger partial charge in [-0.15, -0.1) is 0 Å². The lowest BCUT2D eigenvalue weighted by Crippen LogP contribution is -2.21. The van der Waals surface area contributed by atoms with Gasteiger partial charge < -0.3 is 4.74 Å². The van der Waals surface area contributed by atoms with Crippen molar-refractivity contribution in [2.24, 2.45) is 11.8 Å². The molecular weight excluding hydrogens is 212 g/mol. The number of nitrogens with zero attached hydrogens (tertiary/aromatic N) is 2. The minimum atomic E-state index is 0.561. The van der Waals surface area contributed by atoms with Crippen LogP contribution < -0.4 is 4.74 Å². The van der Waals surface area contributed by atoms with Gasteiger partial charge in [-0.2, -0.15) is 5.26 Å². The van der Waals surface area contributed by atoms with Gasteiger partial charge in [0.05, 0.1) is 12.2 Å². The molecular formula is C14H16N2O. The Morgan fingerprint density at radius 3 is 2.88 bits per heavy atom. The Kier molecular flexibility index (Phi) is 3.77. The lowest BCUT2D eigenvalue weighted by molar-refractivity contribution is 0.193. The van der Waals surface area contributed by atoms with E-state index in [9.17, 15) is 0 Å². The fourth-order valence-corrected chi connectivity index (χ4v) is 1.96. The quantitative estimate of drug-likeness (QED) is 0.747. The average molecular weight is 228 g/mol. The molecule has 1 heterocycles. The summed E-state index contributed by atoms with van der Waals surface area (Å²) in [6.45, 7) is 2.95. The van der Waals surface area contributed by atoms with E-state index in [1.165, 1.54) is 0 Å². The minimum Gasteiger partial charge on any atom is -0.477 e. The molecule has 0 spiro atoms. The molecule has 0 radical (unpaired) electrons. The summed E-state index contributed by atoms with van der Waals surface area (Å²) in [5.74, 6) is 1.83. The standard InChI is InChI=1S/C14H16N2O/c1-11-4-2-3-5-13(11)10-17-14-7-6-12(8-15)9-16-14/h2-3,6-7,9,11,13H,4-5,10H2,1H3. The second kappa shape index (κ2) is 5.49. The van der Waals surface area contributed by atoms with E-state index in [0.29, 0.717) is 29.9 Å². The monoisotopic (exact) mass is 228 g/mol. The van der Waals surface area contributed by atoms with Crippen LogP contribution in [-0.2, 0) is 0 Å². The molecule has 1 aromatic rings. The number of aromatic nitrogens is 1. The van der Waals surface area contributed by atoms with Crippen LogP contribution in [0.15, 0.2) is 30.5 Å². The third-order valence-electron chi connectivity index (χ3n) is 3.23. The predicted molar refractivity (Wildman–Crippen MR) is 65.5 cm³/mol. The summed E-state index contributed by atoms with van der Waals surface area (Å²) in [6, 6.07) is 5.52. The smallest absolute Gasteiger partial charge is 0.213 e. The summed E-state index contributed by atoms with van der Waals surface area (Å²) in [7, 11) is 0. The Morgan fingerprint density at radius 2 is 2.24 bits per heavy atom. The Hall–Kier alpha value is -1.82. The number of allylic oxidation sites excluding steroid dienone is 2. The molecule has 0 saturated carbocycles. The largest absolute Gasteiger partial charge is 0.477 e. The summed E-state index contributed by atoms with van der Waals surface area (Å²) < 4.78 is 5.66. The van der Waals surface area contributed by atoms with E-state index in [1.54, 1.807) is 18.3 Å². The lowest BCUT2D eigenvalue weighted by atomic mass is 9.85. The molecule has 17 heavy (non-hydrogen) atoms. The maximum Gasteiger partial charge on any atom is 0.213 e. The Bertz CT molecular complexity index is 431. The molecule has 1 aromatic heterocycles. The average Bonchev–Trinajstić information content (AvgIpc) is 2.38. The van der Waals surface area contributed by atoms with Crippen LogP contribution >= 0.6 is 0 Å². The first-order chi connectivity index (χ1) is 8.29. The Morgan fingerprint density at radius 1 is 1.41 bits per heavy atom. The molecule has 88 valence electrons. The summed E-state index contributed by atoms with van der Waals surface area (Å²) in [5.41, 5.74) is 0.561. The zero-order valence-corrected chi connectivity index (χ0v) is 9.97. The van der Waals surface area contributed by atoms with Crippen LogP contribution in [0.5, 0.6) is 5.88 Å². The predicted octanol–water partition coefficient (Wildman–Crippen LogP) is 2.93. The zero-order valence-electron chi connectivity index (χ0n) is 9.97.